The Bertz CT molecular complexity index is 863. The van der Waals surface area contributed by atoms with Crippen molar-refractivity contribution in [3.63, 3.8) is 0 Å². The lowest BCUT2D eigenvalue weighted by Crippen LogP contribution is -2.22. The number of carbonyl (C=O) groups is 1. The molecule has 1 aromatic heterocycles. The number of methoxy groups -OCH3 is 1. The number of ether oxygens (including phenoxy) is 2. The van der Waals surface area contributed by atoms with E-state index in [1.807, 2.05) is 41.8 Å². The Morgan fingerprint density at radius 3 is 2.62 bits per heavy atom. The Hall–Kier alpha value is -2.50. The maximum atomic E-state index is 12.3. The maximum Gasteiger partial charge on any atom is 0.251 e. The summed E-state index contributed by atoms with van der Waals surface area (Å²) < 4.78 is 11.2. The van der Waals surface area contributed by atoms with Gasteiger partial charge in [-0.1, -0.05) is 29.8 Å². The summed E-state index contributed by atoms with van der Waals surface area (Å²) in [5.41, 5.74) is 1.52. The summed E-state index contributed by atoms with van der Waals surface area (Å²) in [5, 5.41) is 5.57. The number of benzene rings is 2. The van der Waals surface area contributed by atoms with Gasteiger partial charge in [-0.15, -0.1) is 11.3 Å². The molecular weight excluding hydrogens is 370 g/mol. The molecule has 134 valence electrons. The summed E-state index contributed by atoms with van der Waals surface area (Å²) in [4.78, 5) is 13.4. The second-order valence-corrected chi connectivity index (χ2v) is 7.01. The molecule has 1 amide bonds. The molecule has 2 aromatic carbocycles. The lowest BCUT2D eigenvalue weighted by Gasteiger charge is -2.12. The minimum absolute atomic E-state index is 0.152. The Morgan fingerprint density at radius 1 is 1.12 bits per heavy atom. The molecule has 4 nitrogen and oxygen atoms in total. The molecule has 3 aromatic rings. The zero-order valence-electron chi connectivity index (χ0n) is 14.2. The molecule has 6 heteroatoms. The Labute approximate surface area is 161 Å². The molecule has 0 fully saturated rings. The molecule has 0 aliphatic heterocycles. The van der Waals surface area contributed by atoms with Crippen molar-refractivity contribution in [1.29, 1.82) is 0 Å². The monoisotopic (exact) mass is 387 g/mol. The van der Waals surface area contributed by atoms with Gasteiger partial charge in [0, 0.05) is 15.5 Å². The fourth-order valence-corrected chi connectivity index (χ4v) is 3.12. The van der Waals surface area contributed by atoms with Gasteiger partial charge in [-0.25, -0.2) is 0 Å². The number of rotatable bonds is 7. The van der Waals surface area contributed by atoms with Gasteiger partial charge in [0.25, 0.3) is 5.91 Å². The molecule has 0 aliphatic carbocycles. The summed E-state index contributed by atoms with van der Waals surface area (Å²) in [6, 6.07) is 16.5. The number of amides is 1. The van der Waals surface area contributed by atoms with Crippen LogP contribution in [-0.2, 0) is 13.2 Å². The van der Waals surface area contributed by atoms with Crippen molar-refractivity contribution >= 4 is 28.8 Å². The molecule has 3 rings (SSSR count). The Morgan fingerprint density at radius 2 is 1.92 bits per heavy atom. The normalized spacial score (nSPS) is 10.4. The van der Waals surface area contributed by atoms with Crippen molar-refractivity contribution < 1.29 is 14.3 Å². The third-order valence-corrected chi connectivity index (χ3v) is 4.87. The van der Waals surface area contributed by atoms with Gasteiger partial charge in [-0.2, -0.15) is 0 Å². The van der Waals surface area contributed by atoms with Gasteiger partial charge < -0.3 is 14.8 Å². The van der Waals surface area contributed by atoms with E-state index in [2.05, 4.69) is 5.32 Å². The minimum Gasteiger partial charge on any atom is -0.493 e. The number of hydrogen-bond acceptors (Lipinski definition) is 4. The van der Waals surface area contributed by atoms with Crippen molar-refractivity contribution in [3.8, 4) is 11.5 Å². The van der Waals surface area contributed by atoms with Crippen LogP contribution in [0.3, 0.4) is 0 Å². The Kier molecular flexibility index (Phi) is 6.15. The zero-order chi connectivity index (χ0) is 18.4. The summed E-state index contributed by atoms with van der Waals surface area (Å²) in [7, 11) is 1.55. The molecule has 0 saturated carbocycles. The van der Waals surface area contributed by atoms with E-state index < -0.39 is 0 Å². The number of carbonyl (C=O) groups excluding carboxylic acids is 1. The first-order valence-electron chi connectivity index (χ1n) is 8.01. The summed E-state index contributed by atoms with van der Waals surface area (Å²) in [5.74, 6) is 0.945. The zero-order valence-corrected chi connectivity index (χ0v) is 15.8. The molecule has 1 N–H and O–H groups in total. The predicted octanol–water partition coefficient (Wildman–Crippen LogP) is 4.92. The smallest absolute Gasteiger partial charge is 0.251 e. The van der Waals surface area contributed by atoms with Crippen LogP contribution in [0, 0.1) is 0 Å². The van der Waals surface area contributed by atoms with Crippen LogP contribution >= 0.6 is 22.9 Å². The van der Waals surface area contributed by atoms with Crippen molar-refractivity contribution in [3.05, 3.63) is 81.0 Å². The molecule has 1 heterocycles. The molecule has 0 bridgehead atoms. The van der Waals surface area contributed by atoms with Crippen LogP contribution in [-0.4, -0.2) is 13.0 Å². The largest absolute Gasteiger partial charge is 0.493 e. The van der Waals surface area contributed by atoms with Crippen molar-refractivity contribution in [2.45, 2.75) is 13.2 Å². The van der Waals surface area contributed by atoms with Gasteiger partial charge in [0.05, 0.1) is 13.7 Å². The topological polar surface area (TPSA) is 47.6 Å². The molecule has 0 aliphatic rings. The average molecular weight is 388 g/mol. The molecule has 0 spiro atoms. The van der Waals surface area contributed by atoms with E-state index in [-0.39, 0.29) is 5.91 Å². The van der Waals surface area contributed by atoms with E-state index in [0.717, 1.165) is 10.4 Å². The second-order valence-electron chi connectivity index (χ2n) is 5.54. The second kappa shape index (κ2) is 8.74. The van der Waals surface area contributed by atoms with E-state index in [9.17, 15) is 4.79 Å². The molecule has 0 saturated heterocycles. The first-order valence-corrected chi connectivity index (χ1v) is 9.27. The number of hydrogen-bond donors (Lipinski definition) is 1. The van der Waals surface area contributed by atoms with E-state index in [0.29, 0.717) is 35.2 Å². The first-order chi connectivity index (χ1) is 12.7. The molecule has 0 atom stereocenters. The van der Waals surface area contributed by atoms with E-state index >= 15 is 0 Å². The molecule has 26 heavy (non-hydrogen) atoms. The van der Waals surface area contributed by atoms with Gasteiger partial charge in [-0.3, -0.25) is 4.79 Å². The summed E-state index contributed by atoms with van der Waals surface area (Å²) >= 11 is 7.49. The SMILES string of the molecule is COc1cc(C(=O)NCc2cccs2)ccc1OCc1ccc(Cl)cc1. The fraction of sp³-hybridized carbons (Fsp3) is 0.150. The van der Waals surface area contributed by atoms with Crippen molar-refractivity contribution in [2.24, 2.45) is 0 Å². The minimum atomic E-state index is -0.152. The van der Waals surface area contributed by atoms with Gasteiger partial charge in [0.2, 0.25) is 0 Å². The van der Waals surface area contributed by atoms with Crippen molar-refractivity contribution in [2.75, 3.05) is 7.11 Å². The predicted molar refractivity (Wildman–Crippen MR) is 104 cm³/mol. The number of thiophene rings is 1. The van der Waals surface area contributed by atoms with E-state index in [1.54, 1.807) is 36.6 Å². The maximum absolute atomic E-state index is 12.3. The van der Waals surface area contributed by atoms with Crippen LogP contribution in [0.15, 0.2) is 60.0 Å². The highest BCUT2D eigenvalue weighted by Crippen LogP contribution is 2.29. The molecule has 0 radical (unpaired) electrons. The van der Waals surface area contributed by atoms with E-state index in [1.165, 1.54) is 0 Å². The number of halogens is 1. The molecule has 0 unspecified atom stereocenters. The highest BCUT2D eigenvalue weighted by Gasteiger charge is 2.11. The van der Waals surface area contributed by atoms with Crippen LogP contribution in [0.25, 0.3) is 0 Å². The van der Waals surface area contributed by atoms with Crippen LogP contribution in [0.5, 0.6) is 11.5 Å². The highest BCUT2D eigenvalue weighted by atomic mass is 35.5. The molecular formula is C20H18ClNO3S. The van der Waals surface area contributed by atoms with E-state index in [4.69, 9.17) is 21.1 Å². The lowest BCUT2D eigenvalue weighted by molar-refractivity contribution is 0.0951. The van der Waals surface area contributed by atoms with Gasteiger partial charge in [-0.05, 0) is 47.3 Å². The quantitative estimate of drug-likeness (QED) is 0.626. The number of nitrogens with one attached hydrogen (secondary N) is 1. The summed E-state index contributed by atoms with van der Waals surface area (Å²) in [6.07, 6.45) is 0. The van der Waals surface area contributed by atoms with Gasteiger partial charge in [0.15, 0.2) is 11.5 Å². The van der Waals surface area contributed by atoms with Crippen LogP contribution < -0.4 is 14.8 Å². The van der Waals surface area contributed by atoms with Crippen LogP contribution in [0.1, 0.15) is 20.8 Å². The van der Waals surface area contributed by atoms with Gasteiger partial charge >= 0.3 is 0 Å². The summed E-state index contributed by atoms with van der Waals surface area (Å²) in [6.45, 7) is 0.894. The third kappa shape index (κ3) is 4.77. The lowest BCUT2D eigenvalue weighted by atomic mass is 10.2. The third-order valence-electron chi connectivity index (χ3n) is 3.74. The standard InChI is InChI=1S/C20H18ClNO3S/c1-24-19-11-15(20(23)22-12-17-3-2-10-26-17)6-9-18(19)25-13-14-4-7-16(21)8-5-14/h2-11H,12-13H2,1H3,(H,22,23). The Balaban J connectivity index is 1.64. The highest BCUT2D eigenvalue weighted by molar-refractivity contribution is 7.09. The van der Waals surface area contributed by atoms with Crippen LogP contribution in [0.2, 0.25) is 5.02 Å². The average Bonchev–Trinajstić information content (AvgIpc) is 3.19. The fourth-order valence-electron chi connectivity index (χ4n) is 2.35. The van der Waals surface area contributed by atoms with Crippen LogP contribution in [0.4, 0.5) is 0 Å². The van der Waals surface area contributed by atoms with Crippen molar-refractivity contribution in [1.82, 2.24) is 5.32 Å². The first kappa shape index (κ1) is 18.3. The van der Waals surface area contributed by atoms with Gasteiger partial charge in [0.1, 0.15) is 6.61 Å².